The highest BCUT2D eigenvalue weighted by Gasteiger charge is 2.13. The predicted octanol–water partition coefficient (Wildman–Crippen LogP) is 0.983. The molecule has 1 aromatic carbocycles. The fraction of sp³-hybridized carbons (Fsp3) is 0.286. The second kappa shape index (κ2) is 6.10. The molecule has 0 unspecified atom stereocenters. The Kier molecular flexibility index (Phi) is 4.24. The number of hydrogen-bond acceptors (Lipinski definition) is 4. The lowest BCUT2D eigenvalue weighted by atomic mass is 10.1. The first kappa shape index (κ1) is 13.9. The number of methoxy groups -OCH3 is 1. The van der Waals surface area contributed by atoms with Crippen LogP contribution in [0.25, 0.3) is 0 Å². The number of carbonyl (C=O) groups is 1. The summed E-state index contributed by atoms with van der Waals surface area (Å²) in [5.74, 6) is 0.966. The average molecular weight is 274 g/mol. The van der Waals surface area contributed by atoms with Crippen LogP contribution in [0.4, 0.5) is 5.82 Å². The number of ether oxygens (including phenoxy) is 1. The molecule has 1 amide bonds. The molecule has 20 heavy (non-hydrogen) atoms. The van der Waals surface area contributed by atoms with Crippen molar-refractivity contribution in [1.29, 1.82) is 0 Å². The molecule has 0 saturated heterocycles. The molecule has 0 radical (unpaired) electrons. The smallest absolute Gasteiger partial charge is 0.256 e. The van der Waals surface area contributed by atoms with Gasteiger partial charge in [-0.2, -0.15) is 5.10 Å². The molecule has 0 aliphatic carbocycles. The molecule has 106 valence electrons. The third-order valence-corrected chi connectivity index (χ3v) is 3.10. The van der Waals surface area contributed by atoms with Gasteiger partial charge in [-0.25, -0.2) is 0 Å². The topological polar surface area (TPSA) is 82.2 Å². The Morgan fingerprint density at radius 3 is 2.85 bits per heavy atom. The number of amides is 1. The van der Waals surface area contributed by atoms with E-state index in [2.05, 4.69) is 10.4 Å². The highest BCUT2D eigenvalue weighted by Crippen LogP contribution is 2.17. The second-order valence-electron chi connectivity index (χ2n) is 4.38. The zero-order valence-electron chi connectivity index (χ0n) is 11.6. The highest BCUT2D eigenvalue weighted by molar-refractivity contribution is 5.98. The molecule has 0 saturated carbocycles. The Morgan fingerprint density at radius 2 is 2.20 bits per heavy atom. The van der Waals surface area contributed by atoms with Crippen LogP contribution in [0.1, 0.15) is 15.9 Å². The van der Waals surface area contributed by atoms with Gasteiger partial charge in [0.1, 0.15) is 17.1 Å². The third kappa shape index (κ3) is 2.90. The second-order valence-corrected chi connectivity index (χ2v) is 4.38. The zero-order chi connectivity index (χ0) is 14.5. The number of nitrogens with zero attached hydrogens (tertiary/aromatic N) is 2. The molecule has 0 aliphatic rings. The number of anilines is 1. The van der Waals surface area contributed by atoms with Crippen LogP contribution in [-0.2, 0) is 13.5 Å². The monoisotopic (exact) mass is 274 g/mol. The van der Waals surface area contributed by atoms with E-state index in [1.54, 1.807) is 14.2 Å². The van der Waals surface area contributed by atoms with Gasteiger partial charge < -0.3 is 15.8 Å². The molecule has 3 N–H and O–H groups in total. The largest absolute Gasteiger partial charge is 0.496 e. The summed E-state index contributed by atoms with van der Waals surface area (Å²) in [5.41, 5.74) is 7.20. The molecular formula is C14H18N4O2. The van der Waals surface area contributed by atoms with Crippen molar-refractivity contribution in [3.8, 4) is 5.75 Å². The summed E-state index contributed by atoms with van der Waals surface area (Å²) in [7, 11) is 3.33. The summed E-state index contributed by atoms with van der Waals surface area (Å²) in [6.07, 6.45) is 2.16. The fourth-order valence-electron chi connectivity index (χ4n) is 1.94. The molecule has 0 atom stereocenters. The number of nitrogen functional groups attached to an aromatic ring is 1. The van der Waals surface area contributed by atoms with E-state index in [1.165, 1.54) is 10.9 Å². The first-order valence-electron chi connectivity index (χ1n) is 6.31. The van der Waals surface area contributed by atoms with Gasteiger partial charge in [0.15, 0.2) is 0 Å². The van der Waals surface area contributed by atoms with Crippen LogP contribution in [0.5, 0.6) is 5.75 Å². The van der Waals surface area contributed by atoms with Gasteiger partial charge in [0.05, 0.1) is 13.3 Å². The number of carbonyl (C=O) groups excluding carboxylic acids is 1. The van der Waals surface area contributed by atoms with Crippen LogP contribution in [-0.4, -0.2) is 29.3 Å². The number of aryl methyl sites for hydroxylation is 1. The Hall–Kier alpha value is -2.50. The lowest BCUT2D eigenvalue weighted by molar-refractivity contribution is 0.0955. The van der Waals surface area contributed by atoms with Crippen LogP contribution >= 0.6 is 0 Å². The van der Waals surface area contributed by atoms with Crippen LogP contribution < -0.4 is 15.8 Å². The first-order valence-corrected chi connectivity index (χ1v) is 6.31. The van der Waals surface area contributed by atoms with Crippen molar-refractivity contribution in [2.45, 2.75) is 6.42 Å². The molecule has 1 aromatic heterocycles. The lowest BCUT2D eigenvalue weighted by Gasteiger charge is -2.08. The Bertz CT molecular complexity index is 607. The van der Waals surface area contributed by atoms with E-state index >= 15 is 0 Å². The number of hydrogen-bond donors (Lipinski definition) is 2. The Morgan fingerprint density at radius 1 is 1.45 bits per heavy atom. The van der Waals surface area contributed by atoms with Gasteiger partial charge in [-0.1, -0.05) is 18.2 Å². The molecule has 6 heteroatoms. The van der Waals surface area contributed by atoms with E-state index in [0.717, 1.165) is 11.3 Å². The van der Waals surface area contributed by atoms with Gasteiger partial charge in [-0.15, -0.1) is 0 Å². The van der Waals surface area contributed by atoms with Gasteiger partial charge in [0.2, 0.25) is 0 Å². The van der Waals surface area contributed by atoms with Crippen molar-refractivity contribution < 1.29 is 9.53 Å². The molecule has 1 heterocycles. The third-order valence-electron chi connectivity index (χ3n) is 3.10. The van der Waals surface area contributed by atoms with Gasteiger partial charge >= 0.3 is 0 Å². The van der Waals surface area contributed by atoms with Crippen molar-refractivity contribution in [2.24, 2.45) is 7.05 Å². The van der Waals surface area contributed by atoms with Gasteiger partial charge in [-0.3, -0.25) is 9.48 Å². The summed E-state index contributed by atoms with van der Waals surface area (Å²) < 4.78 is 6.73. The minimum atomic E-state index is -0.217. The summed E-state index contributed by atoms with van der Waals surface area (Å²) in [4.78, 5) is 11.9. The molecule has 2 rings (SSSR count). The minimum absolute atomic E-state index is 0.217. The van der Waals surface area contributed by atoms with Crippen LogP contribution in [0.15, 0.2) is 30.5 Å². The molecule has 6 nitrogen and oxygen atoms in total. The van der Waals surface area contributed by atoms with Gasteiger partial charge in [0.25, 0.3) is 5.91 Å². The maximum Gasteiger partial charge on any atom is 0.256 e. The average Bonchev–Trinajstić information content (AvgIpc) is 2.79. The minimum Gasteiger partial charge on any atom is -0.496 e. The first-order chi connectivity index (χ1) is 9.63. The highest BCUT2D eigenvalue weighted by atomic mass is 16.5. The maximum atomic E-state index is 11.9. The SMILES string of the molecule is COc1ccccc1CCNC(=O)c1cnn(C)c1N. The van der Waals surface area contributed by atoms with Gasteiger partial charge in [0, 0.05) is 13.6 Å². The molecule has 0 aliphatic heterocycles. The molecule has 2 aromatic rings. The fourth-order valence-corrected chi connectivity index (χ4v) is 1.94. The van der Waals surface area contributed by atoms with E-state index in [4.69, 9.17) is 10.5 Å². The summed E-state index contributed by atoms with van der Waals surface area (Å²) >= 11 is 0. The number of aromatic nitrogens is 2. The normalized spacial score (nSPS) is 10.3. The standard InChI is InChI=1S/C14H18N4O2/c1-18-13(15)11(9-17-18)14(19)16-8-7-10-5-3-4-6-12(10)20-2/h3-6,9H,7-8,15H2,1-2H3,(H,16,19). The summed E-state index contributed by atoms with van der Waals surface area (Å²) in [5, 5.41) is 6.77. The van der Waals surface area contributed by atoms with Gasteiger partial charge in [-0.05, 0) is 18.1 Å². The van der Waals surface area contributed by atoms with E-state index < -0.39 is 0 Å². The van der Waals surface area contributed by atoms with E-state index in [-0.39, 0.29) is 5.91 Å². The number of rotatable bonds is 5. The van der Waals surface area contributed by atoms with E-state index in [0.29, 0.717) is 24.3 Å². The number of benzene rings is 1. The Balaban J connectivity index is 1.93. The van der Waals surface area contributed by atoms with Crippen molar-refractivity contribution in [2.75, 3.05) is 19.4 Å². The van der Waals surface area contributed by atoms with E-state index in [9.17, 15) is 4.79 Å². The maximum absolute atomic E-state index is 11.9. The number of nitrogens with one attached hydrogen (secondary N) is 1. The lowest BCUT2D eigenvalue weighted by Crippen LogP contribution is -2.26. The van der Waals surface area contributed by atoms with Crippen molar-refractivity contribution in [3.05, 3.63) is 41.6 Å². The van der Waals surface area contributed by atoms with Crippen LogP contribution in [0, 0.1) is 0 Å². The number of nitrogens with two attached hydrogens (primary N) is 1. The Labute approximate surface area is 117 Å². The van der Waals surface area contributed by atoms with Crippen molar-refractivity contribution in [1.82, 2.24) is 15.1 Å². The molecule has 0 spiro atoms. The van der Waals surface area contributed by atoms with E-state index in [1.807, 2.05) is 24.3 Å². The molecule has 0 bridgehead atoms. The molecule has 0 fully saturated rings. The predicted molar refractivity (Wildman–Crippen MR) is 76.7 cm³/mol. The summed E-state index contributed by atoms with van der Waals surface area (Å²) in [6.45, 7) is 0.507. The van der Waals surface area contributed by atoms with Crippen LogP contribution in [0.2, 0.25) is 0 Å². The number of para-hydroxylation sites is 1. The summed E-state index contributed by atoms with van der Waals surface area (Å²) in [6, 6.07) is 7.73. The van der Waals surface area contributed by atoms with Crippen LogP contribution in [0.3, 0.4) is 0 Å². The molecular weight excluding hydrogens is 256 g/mol. The van der Waals surface area contributed by atoms with Crippen molar-refractivity contribution in [3.63, 3.8) is 0 Å². The van der Waals surface area contributed by atoms with Crippen molar-refractivity contribution >= 4 is 11.7 Å². The zero-order valence-corrected chi connectivity index (χ0v) is 11.6. The quantitative estimate of drug-likeness (QED) is 0.851.